The van der Waals surface area contributed by atoms with E-state index in [0.29, 0.717) is 11.5 Å². The molecule has 0 aliphatic rings. The van der Waals surface area contributed by atoms with Crippen molar-refractivity contribution in [2.24, 2.45) is 0 Å². The van der Waals surface area contributed by atoms with Gasteiger partial charge in [-0.3, -0.25) is 9.20 Å². The average molecular weight is 362 g/mol. The predicted molar refractivity (Wildman–Crippen MR) is 99.0 cm³/mol. The second kappa shape index (κ2) is 6.91. The van der Waals surface area contributed by atoms with Crippen molar-refractivity contribution < 1.29 is 9.53 Å². The van der Waals surface area contributed by atoms with Gasteiger partial charge in [0.25, 0.3) is 5.91 Å². The zero-order valence-corrected chi connectivity index (χ0v) is 14.9. The van der Waals surface area contributed by atoms with E-state index in [1.165, 1.54) is 0 Å². The van der Waals surface area contributed by atoms with E-state index in [1.54, 1.807) is 24.1 Å². The van der Waals surface area contributed by atoms with Crippen LogP contribution in [0.2, 0.25) is 0 Å². The topological polar surface area (TPSA) is 86.3 Å². The Hall–Kier alpha value is -3.68. The summed E-state index contributed by atoms with van der Waals surface area (Å²) >= 11 is 0. The summed E-state index contributed by atoms with van der Waals surface area (Å²) in [5, 5.41) is 15.6. The summed E-state index contributed by atoms with van der Waals surface area (Å²) in [6, 6.07) is 14.4. The lowest BCUT2D eigenvalue weighted by molar-refractivity contribution is 0.0932. The molecule has 0 aliphatic carbocycles. The summed E-state index contributed by atoms with van der Waals surface area (Å²) in [5.41, 5.74) is 1.90. The molecular weight excluding hydrogens is 344 g/mol. The van der Waals surface area contributed by atoms with E-state index in [9.17, 15) is 4.79 Å². The zero-order valence-electron chi connectivity index (χ0n) is 14.9. The van der Waals surface area contributed by atoms with Crippen molar-refractivity contribution in [1.29, 1.82) is 0 Å². The summed E-state index contributed by atoms with van der Waals surface area (Å²) in [7, 11) is 1.62. The number of nitrogens with zero attached hydrogens (tertiary/aromatic N) is 5. The zero-order chi connectivity index (χ0) is 18.8. The van der Waals surface area contributed by atoms with Crippen LogP contribution in [0, 0.1) is 0 Å². The molecule has 0 radical (unpaired) electrons. The highest BCUT2D eigenvalue weighted by molar-refractivity contribution is 5.92. The first-order valence-corrected chi connectivity index (χ1v) is 8.46. The fraction of sp³-hybridized carbons (Fsp3) is 0.158. The Morgan fingerprint density at radius 1 is 1.07 bits per heavy atom. The van der Waals surface area contributed by atoms with E-state index in [2.05, 4.69) is 20.6 Å². The van der Waals surface area contributed by atoms with Crippen LogP contribution < -0.4 is 10.1 Å². The number of hydrogen-bond acceptors (Lipinski definition) is 5. The van der Waals surface area contributed by atoms with Crippen molar-refractivity contribution in [3.63, 3.8) is 0 Å². The van der Waals surface area contributed by atoms with E-state index < -0.39 is 0 Å². The standard InChI is InChI=1S/C19H18N6O2/c1-13(18-22-21-17-5-3-4-11-24(17)18)20-19(26)16-10-12-25(23-16)14-6-8-15(27-2)9-7-14/h3-13H,1-2H3,(H,20,26). The van der Waals surface area contributed by atoms with E-state index in [0.717, 1.165) is 17.1 Å². The molecule has 3 aromatic heterocycles. The monoisotopic (exact) mass is 362 g/mol. The number of aromatic nitrogens is 5. The van der Waals surface area contributed by atoms with Gasteiger partial charge in [0, 0.05) is 12.4 Å². The van der Waals surface area contributed by atoms with Crippen LogP contribution >= 0.6 is 0 Å². The molecule has 3 heterocycles. The van der Waals surface area contributed by atoms with Crippen molar-refractivity contribution in [2.75, 3.05) is 7.11 Å². The third-order valence-corrected chi connectivity index (χ3v) is 4.23. The fourth-order valence-electron chi connectivity index (χ4n) is 2.81. The van der Waals surface area contributed by atoms with Crippen molar-refractivity contribution in [3.05, 3.63) is 72.4 Å². The third-order valence-electron chi connectivity index (χ3n) is 4.23. The van der Waals surface area contributed by atoms with Gasteiger partial charge in [-0.1, -0.05) is 6.07 Å². The fourth-order valence-corrected chi connectivity index (χ4v) is 2.81. The Morgan fingerprint density at radius 2 is 1.89 bits per heavy atom. The van der Waals surface area contributed by atoms with Crippen LogP contribution in [-0.4, -0.2) is 37.4 Å². The molecule has 0 bridgehead atoms. The minimum absolute atomic E-state index is 0.276. The number of fused-ring (bicyclic) bond motifs is 1. The van der Waals surface area contributed by atoms with Gasteiger partial charge < -0.3 is 10.1 Å². The first-order valence-electron chi connectivity index (χ1n) is 8.46. The Kier molecular flexibility index (Phi) is 4.29. The molecule has 1 atom stereocenters. The number of carbonyl (C=O) groups excluding carboxylic acids is 1. The molecule has 136 valence electrons. The molecule has 0 saturated carbocycles. The van der Waals surface area contributed by atoms with E-state index >= 15 is 0 Å². The van der Waals surface area contributed by atoms with Crippen LogP contribution in [0.25, 0.3) is 11.3 Å². The van der Waals surface area contributed by atoms with Crippen LogP contribution in [0.1, 0.15) is 29.3 Å². The van der Waals surface area contributed by atoms with E-state index in [4.69, 9.17) is 4.74 Å². The van der Waals surface area contributed by atoms with Crippen molar-refractivity contribution >= 4 is 11.6 Å². The molecule has 8 nitrogen and oxygen atoms in total. The molecule has 1 unspecified atom stereocenters. The normalized spacial score (nSPS) is 12.1. The van der Waals surface area contributed by atoms with Gasteiger partial charge in [-0.25, -0.2) is 4.68 Å². The summed E-state index contributed by atoms with van der Waals surface area (Å²) < 4.78 is 8.64. The number of nitrogens with one attached hydrogen (secondary N) is 1. The molecule has 1 aromatic carbocycles. The number of carbonyl (C=O) groups is 1. The summed E-state index contributed by atoms with van der Waals surface area (Å²) in [6.07, 6.45) is 3.61. The van der Waals surface area contributed by atoms with Crippen molar-refractivity contribution in [1.82, 2.24) is 29.7 Å². The minimum atomic E-state index is -0.318. The summed E-state index contributed by atoms with van der Waals surface area (Å²) in [5.74, 6) is 1.15. The second-order valence-corrected chi connectivity index (χ2v) is 6.03. The van der Waals surface area contributed by atoms with Gasteiger partial charge in [0.05, 0.1) is 18.8 Å². The lowest BCUT2D eigenvalue weighted by Gasteiger charge is -2.11. The average Bonchev–Trinajstić information content (AvgIpc) is 3.35. The van der Waals surface area contributed by atoms with Gasteiger partial charge in [0.1, 0.15) is 5.75 Å². The van der Waals surface area contributed by atoms with Crippen molar-refractivity contribution in [3.8, 4) is 11.4 Å². The van der Waals surface area contributed by atoms with Crippen LogP contribution in [0.5, 0.6) is 5.75 Å². The lowest BCUT2D eigenvalue weighted by Crippen LogP contribution is -2.28. The van der Waals surface area contributed by atoms with Gasteiger partial charge in [-0.05, 0) is 49.4 Å². The van der Waals surface area contributed by atoms with Crippen molar-refractivity contribution in [2.45, 2.75) is 13.0 Å². The maximum atomic E-state index is 12.6. The number of hydrogen-bond donors (Lipinski definition) is 1. The Balaban J connectivity index is 1.50. The van der Waals surface area contributed by atoms with Crippen LogP contribution in [0.4, 0.5) is 0 Å². The largest absolute Gasteiger partial charge is 0.497 e. The smallest absolute Gasteiger partial charge is 0.272 e. The predicted octanol–water partition coefficient (Wildman–Crippen LogP) is 2.41. The first-order chi connectivity index (χ1) is 13.2. The van der Waals surface area contributed by atoms with Crippen LogP contribution in [0.15, 0.2) is 60.9 Å². The van der Waals surface area contributed by atoms with Crippen LogP contribution in [-0.2, 0) is 0 Å². The minimum Gasteiger partial charge on any atom is -0.497 e. The van der Waals surface area contributed by atoms with Gasteiger partial charge in [0.15, 0.2) is 17.2 Å². The molecule has 0 spiro atoms. The van der Waals surface area contributed by atoms with Crippen LogP contribution in [0.3, 0.4) is 0 Å². The number of amides is 1. The van der Waals surface area contributed by atoms with Gasteiger partial charge in [-0.2, -0.15) is 5.10 Å². The van der Waals surface area contributed by atoms with Gasteiger partial charge in [-0.15, -0.1) is 10.2 Å². The SMILES string of the molecule is COc1ccc(-n2ccc(C(=O)NC(C)c3nnc4ccccn34)n2)cc1. The van der Waals surface area contributed by atoms with Gasteiger partial charge in [0.2, 0.25) is 0 Å². The van der Waals surface area contributed by atoms with E-state index in [1.807, 2.05) is 60.0 Å². The highest BCUT2D eigenvalue weighted by atomic mass is 16.5. The number of pyridine rings is 1. The molecule has 1 amide bonds. The molecule has 0 aliphatic heterocycles. The number of ether oxygens (including phenoxy) is 1. The Morgan fingerprint density at radius 3 is 2.67 bits per heavy atom. The highest BCUT2D eigenvalue weighted by Gasteiger charge is 2.18. The maximum absolute atomic E-state index is 12.6. The molecule has 27 heavy (non-hydrogen) atoms. The van der Waals surface area contributed by atoms with E-state index in [-0.39, 0.29) is 11.9 Å². The quantitative estimate of drug-likeness (QED) is 0.589. The number of benzene rings is 1. The van der Waals surface area contributed by atoms with Gasteiger partial charge >= 0.3 is 0 Å². The third kappa shape index (κ3) is 3.24. The Labute approximate surface area is 155 Å². The molecular formula is C19H18N6O2. The number of rotatable bonds is 5. The second-order valence-electron chi connectivity index (χ2n) is 6.03. The molecule has 0 saturated heterocycles. The molecule has 8 heteroatoms. The lowest BCUT2D eigenvalue weighted by atomic mass is 10.3. The summed E-state index contributed by atoms with van der Waals surface area (Å²) in [4.78, 5) is 12.6. The highest BCUT2D eigenvalue weighted by Crippen LogP contribution is 2.15. The molecule has 4 rings (SSSR count). The maximum Gasteiger partial charge on any atom is 0.272 e. The number of methoxy groups -OCH3 is 1. The first kappa shape index (κ1) is 16.8. The Bertz CT molecular complexity index is 1080. The molecule has 4 aromatic rings. The molecule has 0 fully saturated rings. The molecule has 1 N–H and O–H groups in total. The summed E-state index contributed by atoms with van der Waals surface area (Å²) in [6.45, 7) is 1.86.